The summed E-state index contributed by atoms with van der Waals surface area (Å²) in [7, 11) is 0. The highest BCUT2D eigenvalue weighted by Gasteiger charge is 2.19. The van der Waals surface area contributed by atoms with E-state index in [-0.39, 0.29) is 5.82 Å². The number of aromatic nitrogens is 3. The Balaban J connectivity index is 2.52. The lowest BCUT2D eigenvalue weighted by molar-refractivity contribution is 0.106. The van der Waals surface area contributed by atoms with Crippen LogP contribution in [0.5, 0.6) is 0 Å². The normalized spacial score (nSPS) is 10.8. The summed E-state index contributed by atoms with van der Waals surface area (Å²) >= 11 is 17.6. The number of carbonyl (C=O) groups is 1. The summed E-state index contributed by atoms with van der Waals surface area (Å²) in [4.78, 5) is 11.4. The zero-order chi connectivity index (χ0) is 14.7. The lowest BCUT2D eigenvalue weighted by Gasteiger charge is -2.09. The third-order valence-corrected chi connectivity index (χ3v) is 3.55. The second-order valence-electron chi connectivity index (χ2n) is 4.25. The third-order valence-electron chi connectivity index (χ3n) is 2.83. The molecule has 7 heteroatoms. The van der Waals surface area contributed by atoms with Crippen LogP contribution >= 0.6 is 34.8 Å². The number of benzene rings is 1. The first kappa shape index (κ1) is 15.3. The van der Waals surface area contributed by atoms with E-state index in [2.05, 4.69) is 17.1 Å². The molecule has 0 aliphatic carbocycles. The molecule has 1 heterocycles. The molecule has 0 fully saturated rings. The molecule has 0 saturated heterocycles. The van der Waals surface area contributed by atoms with Crippen molar-refractivity contribution in [2.75, 3.05) is 0 Å². The molecule has 0 aliphatic rings. The zero-order valence-corrected chi connectivity index (χ0v) is 13.0. The van der Waals surface area contributed by atoms with E-state index in [0.29, 0.717) is 28.0 Å². The monoisotopic (exact) mass is 331 g/mol. The average molecular weight is 333 g/mol. The van der Waals surface area contributed by atoms with Crippen LogP contribution in [0, 0.1) is 0 Å². The molecule has 0 bridgehead atoms. The van der Waals surface area contributed by atoms with Crippen LogP contribution in [0.3, 0.4) is 0 Å². The van der Waals surface area contributed by atoms with Gasteiger partial charge in [0.15, 0.2) is 5.82 Å². The van der Waals surface area contributed by atoms with E-state index in [4.69, 9.17) is 34.8 Å². The molecule has 0 atom stereocenters. The molecule has 0 amide bonds. The van der Waals surface area contributed by atoms with Gasteiger partial charge in [-0.15, -0.1) is 10.2 Å². The van der Waals surface area contributed by atoms with Crippen LogP contribution in [0.1, 0.15) is 30.4 Å². The summed E-state index contributed by atoms with van der Waals surface area (Å²) in [5.74, 6) is 0.644. The van der Waals surface area contributed by atoms with Crippen molar-refractivity contribution in [3.05, 3.63) is 34.1 Å². The van der Waals surface area contributed by atoms with E-state index in [0.717, 1.165) is 12.8 Å². The van der Waals surface area contributed by atoms with Crippen molar-refractivity contribution in [2.24, 2.45) is 0 Å². The number of hydrogen-bond donors (Lipinski definition) is 0. The lowest BCUT2D eigenvalue weighted by atomic mass is 10.2. The number of hydrogen-bond acceptors (Lipinski definition) is 3. The highest BCUT2D eigenvalue weighted by atomic mass is 35.5. The van der Waals surface area contributed by atoms with Crippen molar-refractivity contribution < 1.29 is 4.79 Å². The van der Waals surface area contributed by atoms with Gasteiger partial charge in [0.25, 0.3) is 5.24 Å². The minimum atomic E-state index is -0.634. The highest BCUT2D eigenvalue weighted by molar-refractivity contribution is 6.67. The van der Waals surface area contributed by atoms with Gasteiger partial charge in [-0.3, -0.25) is 4.79 Å². The molecule has 0 unspecified atom stereocenters. The quantitative estimate of drug-likeness (QED) is 0.761. The van der Waals surface area contributed by atoms with E-state index in [9.17, 15) is 4.79 Å². The zero-order valence-electron chi connectivity index (χ0n) is 10.7. The van der Waals surface area contributed by atoms with E-state index in [1.165, 1.54) is 0 Å². The van der Waals surface area contributed by atoms with Crippen LogP contribution in [0.4, 0.5) is 0 Å². The first-order valence-corrected chi connectivity index (χ1v) is 7.26. The Labute approximate surface area is 131 Å². The van der Waals surface area contributed by atoms with E-state index in [1.807, 2.05) is 0 Å². The Kier molecular flexibility index (Phi) is 5.02. The first-order chi connectivity index (χ1) is 9.54. The minimum Gasteiger partial charge on any atom is -0.303 e. The Bertz CT molecular complexity index is 640. The predicted molar refractivity (Wildman–Crippen MR) is 80.6 cm³/mol. The molecule has 0 saturated carbocycles. The van der Waals surface area contributed by atoms with Gasteiger partial charge in [0.2, 0.25) is 5.82 Å². The number of nitrogens with zero attached hydrogens (tertiary/aromatic N) is 3. The summed E-state index contributed by atoms with van der Waals surface area (Å²) in [6.45, 7) is 2.66. The molecule has 20 heavy (non-hydrogen) atoms. The second kappa shape index (κ2) is 6.57. The number of unbranched alkanes of at least 4 members (excludes halogenated alkanes) is 1. The van der Waals surface area contributed by atoms with Crippen LogP contribution in [-0.4, -0.2) is 20.0 Å². The molecule has 0 radical (unpaired) electrons. The van der Waals surface area contributed by atoms with Crippen molar-refractivity contribution in [2.45, 2.75) is 26.3 Å². The van der Waals surface area contributed by atoms with Crippen LogP contribution in [0.15, 0.2) is 18.2 Å². The Morgan fingerprint density at radius 2 is 2.05 bits per heavy atom. The van der Waals surface area contributed by atoms with E-state index in [1.54, 1.807) is 22.8 Å². The molecule has 0 N–H and O–H groups in total. The SMILES string of the molecule is CCCCn1c(C(=O)Cl)nnc1-c1ccc(Cl)cc1Cl. The molecule has 2 rings (SSSR count). The van der Waals surface area contributed by atoms with Gasteiger partial charge in [-0.25, -0.2) is 0 Å². The Morgan fingerprint density at radius 3 is 2.65 bits per heavy atom. The third kappa shape index (κ3) is 3.14. The molecule has 1 aromatic heterocycles. The van der Waals surface area contributed by atoms with E-state index >= 15 is 0 Å². The first-order valence-electron chi connectivity index (χ1n) is 6.13. The van der Waals surface area contributed by atoms with Gasteiger partial charge >= 0.3 is 0 Å². The minimum absolute atomic E-state index is 0.126. The number of halogens is 3. The summed E-state index contributed by atoms with van der Waals surface area (Å²) in [5, 5.41) is 8.23. The van der Waals surface area contributed by atoms with Crippen LogP contribution in [0.2, 0.25) is 10.0 Å². The van der Waals surface area contributed by atoms with E-state index < -0.39 is 5.24 Å². The summed E-state index contributed by atoms with van der Waals surface area (Å²) in [6, 6.07) is 5.09. The maximum absolute atomic E-state index is 11.4. The van der Waals surface area contributed by atoms with Crippen molar-refractivity contribution in [1.29, 1.82) is 0 Å². The fraction of sp³-hybridized carbons (Fsp3) is 0.308. The smallest absolute Gasteiger partial charge is 0.290 e. The molecule has 106 valence electrons. The predicted octanol–water partition coefficient (Wildman–Crippen LogP) is 4.43. The van der Waals surface area contributed by atoms with Gasteiger partial charge in [0.1, 0.15) is 0 Å². The van der Waals surface area contributed by atoms with Crippen LogP contribution in [0.25, 0.3) is 11.4 Å². The van der Waals surface area contributed by atoms with Crippen LogP contribution < -0.4 is 0 Å². The van der Waals surface area contributed by atoms with Crippen molar-refractivity contribution in [3.63, 3.8) is 0 Å². The van der Waals surface area contributed by atoms with Crippen molar-refractivity contribution >= 4 is 40.0 Å². The fourth-order valence-electron chi connectivity index (χ4n) is 1.85. The summed E-state index contributed by atoms with van der Waals surface area (Å²) < 4.78 is 1.69. The molecular formula is C13H12Cl3N3O. The maximum atomic E-state index is 11.4. The van der Waals surface area contributed by atoms with Crippen molar-refractivity contribution in [3.8, 4) is 11.4 Å². The van der Waals surface area contributed by atoms with Gasteiger partial charge in [-0.1, -0.05) is 36.5 Å². The summed E-state index contributed by atoms with van der Waals surface area (Å²) in [5.41, 5.74) is 0.670. The molecule has 1 aromatic carbocycles. The highest BCUT2D eigenvalue weighted by Crippen LogP contribution is 2.30. The standard InChI is InChI=1S/C13H12Cl3N3O/c1-2-3-6-19-12(17-18-13(19)11(16)20)9-5-4-8(14)7-10(9)15/h4-5,7H,2-3,6H2,1H3. The summed E-state index contributed by atoms with van der Waals surface area (Å²) in [6.07, 6.45) is 1.86. The largest absolute Gasteiger partial charge is 0.303 e. The average Bonchev–Trinajstić information content (AvgIpc) is 2.80. The second-order valence-corrected chi connectivity index (χ2v) is 5.44. The molecular weight excluding hydrogens is 321 g/mol. The molecule has 0 aliphatic heterocycles. The van der Waals surface area contributed by atoms with Crippen molar-refractivity contribution in [1.82, 2.24) is 14.8 Å². The molecule has 4 nitrogen and oxygen atoms in total. The van der Waals surface area contributed by atoms with Crippen LogP contribution in [-0.2, 0) is 6.54 Å². The van der Waals surface area contributed by atoms with Gasteiger partial charge in [0.05, 0.1) is 5.02 Å². The number of carbonyl (C=O) groups excluding carboxylic acids is 1. The molecule has 2 aromatic rings. The van der Waals surface area contributed by atoms with Gasteiger partial charge in [0, 0.05) is 17.1 Å². The Morgan fingerprint density at radius 1 is 1.30 bits per heavy atom. The lowest BCUT2D eigenvalue weighted by Crippen LogP contribution is -2.08. The van der Waals surface area contributed by atoms with Gasteiger partial charge < -0.3 is 4.57 Å². The van der Waals surface area contributed by atoms with Gasteiger partial charge in [-0.2, -0.15) is 0 Å². The Hall–Kier alpha value is -1.10. The van der Waals surface area contributed by atoms with Gasteiger partial charge in [-0.05, 0) is 36.2 Å². The number of rotatable bonds is 5. The fourth-order valence-corrected chi connectivity index (χ4v) is 2.48. The topological polar surface area (TPSA) is 47.8 Å². The molecule has 0 spiro atoms. The maximum Gasteiger partial charge on any atom is 0.290 e.